The van der Waals surface area contributed by atoms with Crippen molar-refractivity contribution < 1.29 is 9.53 Å². The van der Waals surface area contributed by atoms with Crippen LogP contribution in [0.5, 0.6) is 5.75 Å². The molecule has 158 valence electrons. The number of nitrogens with zero attached hydrogens (tertiary/aromatic N) is 4. The van der Waals surface area contributed by atoms with Gasteiger partial charge in [0.15, 0.2) is 6.73 Å². The van der Waals surface area contributed by atoms with Gasteiger partial charge < -0.3 is 10.1 Å². The molecule has 1 amide bonds. The summed E-state index contributed by atoms with van der Waals surface area (Å²) in [5, 5.41) is 11.4. The fraction of sp³-hybridized carbons (Fsp3) is 0.174. The van der Waals surface area contributed by atoms with Gasteiger partial charge in [0.25, 0.3) is 5.91 Å². The molecule has 0 aliphatic heterocycles. The van der Waals surface area contributed by atoms with Crippen LogP contribution in [-0.4, -0.2) is 32.0 Å². The third-order valence-corrected chi connectivity index (χ3v) is 5.06. The van der Waals surface area contributed by atoms with E-state index in [-0.39, 0.29) is 12.6 Å². The lowest BCUT2D eigenvalue weighted by Gasteiger charge is -2.08. The first-order chi connectivity index (χ1) is 15.2. The van der Waals surface area contributed by atoms with Crippen LogP contribution in [0.1, 0.15) is 16.9 Å². The predicted octanol–water partition coefficient (Wildman–Crippen LogP) is 4.37. The Morgan fingerprint density at radius 2 is 1.77 bits per heavy atom. The van der Waals surface area contributed by atoms with Crippen molar-refractivity contribution in [3.63, 3.8) is 0 Å². The highest BCUT2D eigenvalue weighted by atomic mass is 79.9. The van der Waals surface area contributed by atoms with Gasteiger partial charge in [0.2, 0.25) is 0 Å². The summed E-state index contributed by atoms with van der Waals surface area (Å²) in [6, 6.07) is 19.8. The topological polar surface area (TPSA) is 74.0 Å². The number of rotatable bonds is 9. The van der Waals surface area contributed by atoms with Crippen molar-refractivity contribution in [3.8, 4) is 16.9 Å². The van der Waals surface area contributed by atoms with E-state index in [0.717, 1.165) is 34.3 Å². The van der Waals surface area contributed by atoms with E-state index in [2.05, 4.69) is 43.6 Å². The van der Waals surface area contributed by atoms with Gasteiger partial charge in [-0.25, -0.2) is 4.68 Å². The monoisotopic (exact) mass is 479 g/mol. The van der Waals surface area contributed by atoms with E-state index in [1.165, 1.54) is 0 Å². The zero-order chi connectivity index (χ0) is 21.5. The smallest absolute Gasteiger partial charge is 0.271 e. The first-order valence-corrected chi connectivity index (χ1v) is 10.7. The second kappa shape index (κ2) is 10.1. The second-order valence-corrected chi connectivity index (χ2v) is 7.85. The number of halogens is 1. The molecule has 0 saturated carbocycles. The Kier molecular flexibility index (Phi) is 6.78. The number of hydrogen-bond acceptors (Lipinski definition) is 4. The van der Waals surface area contributed by atoms with Crippen molar-refractivity contribution in [1.29, 1.82) is 0 Å². The Morgan fingerprint density at radius 1 is 1.00 bits per heavy atom. The Morgan fingerprint density at radius 3 is 2.52 bits per heavy atom. The molecule has 0 radical (unpaired) electrons. The summed E-state index contributed by atoms with van der Waals surface area (Å²) in [7, 11) is 0. The average molecular weight is 480 g/mol. The molecule has 2 aromatic carbocycles. The molecule has 7 nitrogen and oxygen atoms in total. The number of carbonyl (C=O) groups excluding carboxylic acids is 1. The van der Waals surface area contributed by atoms with Crippen LogP contribution in [-0.2, 0) is 13.3 Å². The van der Waals surface area contributed by atoms with Crippen LogP contribution in [0, 0.1) is 0 Å². The molecular weight excluding hydrogens is 458 g/mol. The number of hydrogen-bond donors (Lipinski definition) is 1. The van der Waals surface area contributed by atoms with Crippen LogP contribution < -0.4 is 10.1 Å². The van der Waals surface area contributed by atoms with E-state index in [1.54, 1.807) is 23.1 Å². The van der Waals surface area contributed by atoms with E-state index in [0.29, 0.717) is 12.2 Å². The number of ether oxygens (including phenoxy) is 1. The summed E-state index contributed by atoms with van der Waals surface area (Å²) in [4.78, 5) is 12.3. The van der Waals surface area contributed by atoms with Crippen LogP contribution in [0.2, 0.25) is 0 Å². The Bertz CT molecular complexity index is 1120. The van der Waals surface area contributed by atoms with Crippen LogP contribution in [0.4, 0.5) is 0 Å². The normalized spacial score (nSPS) is 10.7. The van der Waals surface area contributed by atoms with Crippen molar-refractivity contribution in [1.82, 2.24) is 24.9 Å². The molecule has 4 rings (SSSR count). The minimum absolute atomic E-state index is 0.201. The third kappa shape index (κ3) is 5.82. The van der Waals surface area contributed by atoms with E-state index in [1.807, 2.05) is 53.3 Å². The summed E-state index contributed by atoms with van der Waals surface area (Å²) in [5.41, 5.74) is 2.66. The fourth-order valence-corrected chi connectivity index (χ4v) is 3.39. The largest absolute Gasteiger partial charge is 0.471 e. The zero-order valence-corrected chi connectivity index (χ0v) is 18.4. The number of benzene rings is 2. The van der Waals surface area contributed by atoms with Crippen molar-refractivity contribution in [2.45, 2.75) is 19.7 Å². The maximum Gasteiger partial charge on any atom is 0.271 e. The SMILES string of the molecule is O=C(NCCCn1cc(Br)cn1)c1ccn(COc2ccc(-c3ccccc3)cc2)n1. The van der Waals surface area contributed by atoms with Gasteiger partial charge in [-0.1, -0.05) is 42.5 Å². The lowest BCUT2D eigenvalue weighted by atomic mass is 10.1. The highest BCUT2D eigenvalue weighted by Gasteiger charge is 2.09. The minimum Gasteiger partial charge on any atom is -0.471 e. The summed E-state index contributed by atoms with van der Waals surface area (Å²) < 4.78 is 10.1. The molecule has 8 heteroatoms. The van der Waals surface area contributed by atoms with Crippen LogP contribution >= 0.6 is 15.9 Å². The molecule has 0 aliphatic carbocycles. The molecular formula is C23H22BrN5O2. The molecule has 0 unspecified atom stereocenters. The molecule has 31 heavy (non-hydrogen) atoms. The van der Waals surface area contributed by atoms with E-state index < -0.39 is 0 Å². The molecule has 0 saturated heterocycles. The molecule has 4 aromatic rings. The maximum atomic E-state index is 12.3. The molecule has 0 fully saturated rings. The Labute approximate surface area is 188 Å². The van der Waals surface area contributed by atoms with Crippen LogP contribution in [0.25, 0.3) is 11.1 Å². The number of aromatic nitrogens is 4. The van der Waals surface area contributed by atoms with Gasteiger partial charge in [0, 0.05) is 25.5 Å². The predicted molar refractivity (Wildman–Crippen MR) is 122 cm³/mol. The summed E-state index contributed by atoms with van der Waals surface area (Å²) in [6.07, 6.45) is 6.15. The first kappa shape index (κ1) is 20.9. The molecule has 0 atom stereocenters. The minimum atomic E-state index is -0.201. The summed E-state index contributed by atoms with van der Waals surface area (Å²) in [6.45, 7) is 1.51. The van der Waals surface area contributed by atoms with Gasteiger partial charge in [0.1, 0.15) is 11.4 Å². The van der Waals surface area contributed by atoms with E-state index >= 15 is 0 Å². The van der Waals surface area contributed by atoms with Gasteiger partial charge in [-0.3, -0.25) is 9.48 Å². The van der Waals surface area contributed by atoms with Gasteiger partial charge in [-0.15, -0.1) is 0 Å². The van der Waals surface area contributed by atoms with Crippen molar-refractivity contribution >= 4 is 21.8 Å². The van der Waals surface area contributed by atoms with Crippen molar-refractivity contribution in [2.24, 2.45) is 0 Å². The molecule has 1 N–H and O–H groups in total. The Hall–Kier alpha value is -3.39. The van der Waals surface area contributed by atoms with Gasteiger partial charge in [-0.2, -0.15) is 10.2 Å². The maximum absolute atomic E-state index is 12.3. The summed E-state index contributed by atoms with van der Waals surface area (Å²) >= 11 is 3.36. The molecule has 0 spiro atoms. The Balaban J connectivity index is 1.22. The lowest BCUT2D eigenvalue weighted by molar-refractivity contribution is 0.0945. The highest BCUT2D eigenvalue weighted by molar-refractivity contribution is 9.10. The zero-order valence-electron chi connectivity index (χ0n) is 16.8. The van der Waals surface area contributed by atoms with Gasteiger partial charge in [0.05, 0.1) is 10.7 Å². The third-order valence-electron chi connectivity index (χ3n) is 4.65. The first-order valence-electron chi connectivity index (χ1n) is 9.95. The summed E-state index contributed by atoms with van der Waals surface area (Å²) in [5.74, 6) is 0.541. The van der Waals surface area contributed by atoms with E-state index in [9.17, 15) is 4.79 Å². The number of carbonyl (C=O) groups is 1. The average Bonchev–Trinajstić information content (AvgIpc) is 3.45. The van der Waals surface area contributed by atoms with Crippen molar-refractivity contribution in [3.05, 3.63) is 89.4 Å². The second-order valence-electron chi connectivity index (χ2n) is 6.94. The van der Waals surface area contributed by atoms with Gasteiger partial charge >= 0.3 is 0 Å². The fourth-order valence-electron chi connectivity index (χ4n) is 3.06. The van der Waals surface area contributed by atoms with Crippen LogP contribution in [0.3, 0.4) is 0 Å². The highest BCUT2D eigenvalue weighted by Crippen LogP contribution is 2.22. The molecule has 0 aliphatic rings. The van der Waals surface area contributed by atoms with Crippen molar-refractivity contribution in [2.75, 3.05) is 6.54 Å². The van der Waals surface area contributed by atoms with Crippen LogP contribution in [0.15, 0.2) is 83.7 Å². The standard InChI is InChI=1S/C23H22BrN5O2/c24-20-15-26-28(16-20)13-4-12-25-23(30)22-11-14-29(27-22)17-31-21-9-7-19(8-10-21)18-5-2-1-3-6-18/h1-3,5-11,14-16H,4,12-13,17H2,(H,25,30). The number of amides is 1. The molecule has 0 bridgehead atoms. The van der Waals surface area contributed by atoms with Gasteiger partial charge in [-0.05, 0) is 51.7 Å². The molecule has 2 aromatic heterocycles. The quantitative estimate of drug-likeness (QED) is 0.361. The lowest BCUT2D eigenvalue weighted by Crippen LogP contribution is -2.26. The van der Waals surface area contributed by atoms with E-state index in [4.69, 9.17) is 4.74 Å². The molecule has 2 heterocycles. The number of aryl methyl sites for hydroxylation is 1. The number of nitrogens with one attached hydrogen (secondary N) is 1.